The topological polar surface area (TPSA) is 79.7 Å². The lowest BCUT2D eigenvalue weighted by Gasteiger charge is -2.41. The first kappa shape index (κ1) is 24.4. The molecule has 0 aliphatic heterocycles. The van der Waals surface area contributed by atoms with E-state index in [1.54, 1.807) is 0 Å². The summed E-state index contributed by atoms with van der Waals surface area (Å²) in [5, 5.41) is 14.1. The molecule has 2 heterocycles. The molecule has 0 radical (unpaired) electrons. The van der Waals surface area contributed by atoms with Crippen LogP contribution in [0, 0.1) is 12.8 Å². The van der Waals surface area contributed by atoms with Crippen LogP contribution in [0.1, 0.15) is 74.5 Å². The zero-order valence-corrected chi connectivity index (χ0v) is 21.5. The van der Waals surface area contributed by atoms with Gasteiger partial charge >= 0.3 is 0 Å². The van der Waals surface area contributed by atoms with Crippen molar-refractivity contribution >= 4 is 10.9 Å². The maximum atomic E-state index is 13.2. The summed E-state index contributed by atoms with van der Waals surface area (Å²) in [6.45, 7) is 7.75. The van der Waals surface area contributed by atoms with Gasteiger partial charge in [-0.3, -0.25) is 9.69 Å². The van der Waals surface area contributed by atoms with Gasteiger partial charge in [-0.15, -0.1) is 5.10 Å². The number of aryl methyl sites for hydroxylation is 1. The number of benzene rings is 2. The van der Waals surface area contributed by atoms with Crippen LogP contribution in [0.25, 0.3) is 10.9 Å². The highest BCUT2D eigenvalue weighted by molar-refractivity contribution is 5.79. The molecule has 0 bridgehead atoms. The maximum absolute atomic E-state index is 13.2. The first-order valence-electron chi connectivity index (χ1n) is 13.2. The van der Waals surface area contributed by atoms with Crippen LogP contribution < -0.4 is 5.56 Å². The van der Waals surface area contributed by atoms with Crippen molar-refractivity contribution in [2.75, 3.05) is 0 Å². The van der Waals surface area contributed by atoms with Crippen molar-refractivity contribution in [3.63, 3.8) is 0 Å². The molecule has 1 aliphatic rings. The standard InChI is InChI=1S/C29H36N6O/c1-20(2)27(28-31-32-33-35(28)18-22-10-6-4-7-11-22)34(25-12-8-5-9-13-25)19-24-17-23-16-21(3)14-15-26(23)30-29(24)36/h4,6-7,10-11,14-17,20,25,27H,5,8-9,12-13,18-19H2,1-3H3,(H,30,36). The molecule has 7 heteroatoms. The average Bonchev–Trinajstić information content (AvgIpc) is 3.32. The number of H-pyrrole nitrogens is 1. The van der Waals surface area contributed by atoms with Gasteiger partial charge in [0.05, 0.1) is 12.6 Å². The minimum atomic E-state index is -0.0152. The molecule has 188 valence electrons. The van der Waals surface area contributed by atoms with Gasteiger partial charge in [0.2, 0.25) is 0 Å². The lowest BCUT2D eigenvalue weighted by Crippen LogP contribution is -2.43. The number of aromatic amines is 1. The Balaban J connectivity index is 1.54. The van der Waals surface area contributed by atoms with Gasteiger partial charge in [0.1, 0.15) is 0 Å². The normalized spacial score (nSPS) is 15.7. The van der Waals surface area contributed by atoms with Crippen LogP contribution in [0.3, 0.4) is 0 Å². The zero-order chi connectivity index (χ0) is 25.1. The van der Waals surface area contributed by atoms with Crippen LogP contribution in [-0.4, -0.2) is 36.1 Å². The summed E-state index contributed by atoms with van der Waals surface area (Å²) in [6.07, 6.45) is 5.98. The summed E-state index contributed by atoms with van der Waals surface area (Å²) in [7, 11) is 0. The third-order valence-corrected chi connectivity index (χ3v) is 7.46. The van der Waals surface area contributed by atoms with E-state index in [1.165, 1.54) is 30.4 Å². The minimum absolute atomic E-state index is 0.000538. The Labute approximate surface area is 212 Å². The molecule has 0 amide bonds. The molecule has 2 aromatic carbocycles. The molecular formula is C29H36N6O. The average molecular weight is 485 g/mol. The van der Waals surface area contributed by atoms with Crippen molar-refractivity contribution in [3.05, 3.63) is 87.5 Å². The second kappa shape index (κ2) is 10.7. The Morgan fingerprint density at radius 3 is 2.58 bits per heavy atom. The van der Waals surface area contributed by atoms with E-state index < -0.39 is 0 Å². The van der Waals surface area contributed by atoms with Crippen molar-refractivity contribution < 1.29 is 0 Å². The molecule has 1 fully saturated rings. The number of fused-ring (bicyclic) bond motifs is 1. The fourth-order valence-corrected chi connectivity index (χ4v) is 5.67. The molecule has 36 heavy (non-hydrogen) atoms. The fourth-order valence-electron chi connectivity index (χ4n) is 5.67. The quantitative estimate of drug-likeness (QED) is 0.362. The van der Waals surface area contributed by atoms with Gasteiger partial charge in [-0.2, -0.15) is 0 Å². The number of nitrogens with one attached hydrogen (secondary N) is 1. The van der Waals surface area contributed by atoms with Gasteiger partial charge in [0.15, 0.2) is 5.82 Å². The maximum Gasteiger partial charge on any atom is 0.252 e. The SMILES string of the molecule is Cc1ccc2[nH]c(=O)c(CN(C3CCCCC3)C(c3nnnn3Cc3ccccc3)C(C)C)cc2c1. The number of rotatable bonds is 8. The van der Waals surface area contributed by atoms with E-state index in [0.717, 1.165) is 35.1 Å². The molecule has 1 unspecified atom stereocenters. The number of pyridine rings is 1. The number of aromatic nitrogens is 5. The Hall–Kier alpha value is -3.32. The van der Waals surface area contributed by atoms with Crippen LogP contribution in [-0.2, 0) is 13.1 Å². The number of hydrogen-bond donors (Lipinski definition) is 1. The predicted molar refractivity (Wildman–Crippen MR) is 143 cm³/mol. The van der Waals surface area contributed by atoms with Gasteiger partial charge in [-0.25, -0.2) is 4.68 Å². The molecule has 0 spiro atoms. The van der Waals surface area contributed by atoms with Gasteiger partial charge < -0.3 is 4.98 Å². The second-order valence-electron chi connectivity index (χ2n) is 10.5. The fraction of sp³-hybridized carbons (Fsp3) is 0.448. The Bertz CT molecular complexity index is 1350. The van der Waals surface area contributed by atoms with Crippen molar-refractivity contribution in [1.29, 1.82) is 0 Å². The van der Waals surface area contributed by atoms with Gasteiger partial charge in [0, 0.05) is 23.7 Å². The summed E-state index contributed by atoms with van der Waals surface area (Å²) in [4.78, 5) is 18.8. The van der Waals surface area contributed by atoms with E-state index in [1.807, 2.05) is 35.0 Å². The molecule has 1 atom stereocenters. The lowest BCUT2D eigenvalue weighted by molar-refractivity contribution is 0.0611. The molecule has 5 rings (SSSR count). The first-order valence-corrected chi connectivity index (χ1v) is 13.2. The van der Waals surface area contributed by atoms with E-state index >= 15 is 0 Å². The summed E-state index contributed by atoms with van der Waals surface area (Å²) >= 11 is 0. The lowest BCUT2D eigenvalue weighted by atomic mass is 9.90. The smallest absolute Gasteiger partial charge is 0.252 e. The zero-order valence-electron chi connectivity index (χ0n) is 21.5. The summed E-state index contributed by atoms with van der Waals surface area (Å²) < 4.78 is 1.93. The summed E-state index contributed by atoms with van der Waals surface area (Å²) in [6, 6.07) is 18.9. The number of hydrogen-bond acceptors (Lipinski definition) is 5. The molecule has 4 aromatic rings. The van der Waals surface area contributed by atoms with Gasteiger partial charge in [0.25, 0.3) is 5.56 Å². The minimum Gasteiger partial charge on any atom is -0.322 e. The summed E-state index contributed by atoms with van der Waals surface area (Å²) in [5.41, 5.74) is 4.01. The highest BCUT2D eigenvalue weighted by Gasteiger charge is 2.35. The van der Waals surface area contributed by atoms with Crippen molar-refractivity contribution in [2.24, 2.45) is 5.92 Å². The van der Waals surface area contributed by atoms with Crippen LogP contribution >= 0.6 is 0 Å². The van der Waals surface area contributed by atoms with Crippen LogP contribution in [0.15, 0.2) is 59.4 Å². The van der Waals surface area contributed by atoms with E-state index in [2.05, 4.69) is 70.4 Å². The van der Waals surface area contributed by atoms with E-state index in [-0.39, 0.29) is 17.5 Å². The third kappa shape index (κ3) is 5.26. The van der Waals surface area contributed by atoms with Crippen molar-refractivity contribution in [3.8, 4) is 0 Å². The third-order valence-electron chi connectivity index (χ3n) is 7.46. The Morgan fingerprint density at radius 1 is 1.06 bits per heavy atom. The molecule has 1 aliphatic carbocycles. The predicted octanol–water partition coefficient (Wildman–Crippen LogP) is 5.40. The Kier molecular flexibility index (Phi) is 7.28. The van der Waals surface area contributed by atoms with E-state index in [4.69, 9.17) is 0 Å². The second-order valence-corrected chi connectivity index (χ2v) is 10.5. The van der Waals surface area contributed by atoms with E-state index in [9.17, 15) is 4.79 Å². The van der Waals surface area contributed by atoms with Crippen LogP contribution in [0.2, 0.25) is 0 Å². The molecular weight excluding hydrogens is 448 g/mol. The molecule has 1 saturated carbocycles. The first-order chi connectivity index (χ1) is 17.5. The van der Waals surface area contributed by atoms with Crippen molar-refractivity contribution in [2.45, 2.75) is 78.0 Å². The monoisotopic (exact) mass is 484 g/mol. The number of nitrogens with zero attached hydrogens (tertiary/aromatic N) is 5. The number of tetrazole rings is 1. The largest absolute Gasteiger partial charge is 0.322 e. The van der Waals surface area contributed by atoms with Gasteiger partial charge in [-0.1, -0.05) is 75.1 Å². The highest BCUT2D eigenvalue weighted by Crippen LogP contribution is 2.35. The molecule has 1 N–H and O–H groups in total. The molecule has 2 aromatic heterocycles. The van der Waals surface area contributed by atoms with Crippen LogP contribution in [0.5, 0.6) is 0 Å². The van der Waals surface area contributed by atoms with E-state index in [0.29, 0.717) is 19.1 Å². The molecule has 7 nitrogen and oxygen atoms in total. The Morgan fingerprint density at radius 2 is 1.83 bits per heavy atom. The van der Waals surface area contributed by atoms with Crippen molar-refractivity contribution in [1.82, 2.24) is 30.1 Å². The summed E-state index contributed by atoms with van der Waals surface area (Å²) in [5.74, 6) is 1.14. The highest BCUT2D eigenvalue weighted by atomic mass is 16.1. The van der Waals surface area contributed by atoms with Crippen LogP contribution in [0.4, 0.5) is 0 Å². The van der Waals surface area contributed by atoms with Gasteiger partial charge in [-0.05, 0) is 65.3 Å². The molecule has 0 saturated heterocycles.